The lowest BCUT2D eigenvalue weighted by atomic mass is 10.0. The van der Waals surface area contributed by atoms with Crippen molar-refractivity contribution in [2.24, 2.45) is 0 Å². The maximum atomic E-state index is 13.1. The third kappa shape index (κ3) is 4.22. The van der Waals surface area contributed by atoms with E-state index in [2.05, 4.69) is 0 Å². The topological polar surface area (TPSA) is 46.6 Å². The van der Waals surface area contributed by atoms with Crippen LogP contribution in [0.25, 0.3) is 0 Å². The molecule has 0 saturated heterocycles. The van der Waals surface area contributed by atoms with Gasteiger partial charge in [0.25, 0.3) is 5.91 Å². The molecule has 0 aromatic heterocycles. The van der Waals surface area contributed by atoms with E-state index in [-0.39, 0.29) is 24.3 Å². The van der Waals surface area contributed by atoms with Crippen molar-refractivity contribution < 1.29 is 14.3 Å². The van der Waals surface area contributed by atoms with Crippen LogP contribution in [-0.2, 0) is 9.53 Å². The van der Waals surface area contributed by atoms with Crippen LogP contribution in [0.15, 0.2) is 54.6 Å². The van der Waals surface area contributed by atoms with Crippen LogP contribution in [0.5, 0.6) is 0 Å². The van der Waals surface area contributed by atoms with Gasteiger partial charge in [-0.3, -0.25) is 9.59 Å². The molecule has 4 nitrogen and oxygen atoms in total. The molecule has 0 saturated carbocycles. The smallest absolute Gasteiger partial charge is 0.307 e. The van der Waals surface area contributed by atoms with Gasteiger partial charge in [0.2, 0.25) is 0 Å². The van der Waals surface area contributed by atoms with Crippen molar-refractivity contribution in [2.45, 2.75) is 26.3 Å². The molecule has 24 heavy (non-hydrogen) atoms. The summed E-state index contributed by atoms with van der Waals surface area (Å²) in [5.41, 5.74) is 2.61. The molecule has 0 aliphatic rings. The summed E-state index contributed by atoms with van der Waals surface area (Å²) >= 11 is 0. The molecule has 126 valence electrons. The Kier molecular flexibility index (Phi) is 6.13. The number of aryl methyl sites for hydroxylation is 1. The Morgan fingerprint density at radius 3 is 2.29 bits per heavy atom. The fourth-order valence-electron chi connectivity index (χ4n) is 2.66. The number of esters is 1. The minimum absolute atomic E-state index is 0.0756. The fraction of sp³-hybridized carbons (Fsp3) is 0.300. The second kappa shape index (κ2) is 8.29. The summed E-state index contributed by atoms with van der Waals surface area (Å²) in [6, 6.07) is 17.2. The Morgan fingerprint density at radius 2 is 1.67 bits per heavy atom. The predicted molar refractivity (Wildman–Crippen MR) is 93.7 cm³/mol. The number of hydrogen-bond donors (Lipinski definition) is 0. The number of nitrogens with zero attached hydrogens (tertiary/aromatic N) is 1. The second-order valence-corrected chi connectivity index (χ2v) is 5.73. The van der Waals surface area contributed by atoms with Crippen LogP contribution >= 0.6 is 0 Å². The van der Waals surface area contributed by atoms with Gasteiger partial charge in [-0.05, 0) is 31.0 Å². The van der Waals surface area contributed by atoms with Crippen molar-refractivity contribution in [2.75, 3.05) is 13.7 Å². The first-order valence-corrected chi connectivity index (χ1v) is 8.03. The van der Waals surface area contributed by atoms with E-state index in [0.29, 0.717) is 12.1 Å². The van der Waals surface area contributed by atoms with Crippen LogP contribution in [0.3, 0.4) is 0 Å². The van der Waals surface area contributed by atoms with Crippen molar-refractivity contribution >= 4 is 11.9 Å². The molecule has 0 aliphatic heterocycles. The highest BCUT2D eigenvalue weighted by molar-refractivity contribution is 5.96. The van der Waals surface area contributed by atoms with E-state index in [9.17, 15) is 9.59 Å². The van der Waals surface area contributed by atoms with Crippen LogP contribution in [0.2, 0.25) is 0 Å². The summed E-state index contributed by atoms with van der Waals surface area (Å²) in [6.07, 6.45) is 0.172. The van der Waals surface area contributed by atoms with E-state index in [1.807, 2.05) is 68.4 Å². The van der Waals surface area contributed by atoms with E-state index in [1.54, 1.807) is 4.90 Å². The normalized spacial score (nSPS) is 11.6. The van der Waals surface area contributed by atoms with Gasteiger partial charge >= 0.3 is 5.97 Å². The van der Waals surface area contributed by atoms with Gasteiger partial charge in [-0.2, -0.15) is 0 Å². The molecule has 2 aromatic rings. The zero-order valence-corrected chi connectivity index (χ0v) is 14.4. The summed E-state index contributed by atoms with van der Waals surface area (Å²) < 4.78 is 4.72. The minimum atomic E-state index is -0.321. The molecule has 1 unspecified atom stereocenters. The molecular weight excluding hydrogens is 302 g/mol. The summed E-state index contributed by atoms with van der Waals surface area (Å²) in [4.78, 5) is 26.3. The highest BCUT2D eigenvalue weighted by Crippen LogP contribution is 2.23. The standard InChI is InChI=1S/C20H23NO3/c1-15-9-7-8-12-18(15)20(23)21(14-13-19(22)24-3)16(2)17-10-5-4-6-11-17/h4-12,16H,13-14H2,1-3H3. The fourth-order valence-corrected chi connectivity index (χ4v) is 2.66. The zero-order chi connectivity index (χ0) is 17.5. The molecule has 0 aliphatic carbocycles. The number of benzene rings is 2. The number of methoxy groups -OCH3 is 1. The molecule has 0 bridgehead atoms. The van der Waals surface area contributed by atoms with Crippen molar-refractivity contribution in [1.82, 2.24) is 4.90 Å². The van der Waals surface area contributed by atoms with Crippen molar-refractivity contribution in [3.05, 3.63) is 71.3 Å². The zero-order valence-electron chi connectivity index (χ0n) is 14.4. The SMILES string of the molecule is COC(=O)CCN(C(=O)c1ccccc1C)C(C)c1ccccc1. The molecule has 4 heteroatoms. The molecular formula is C20H23NO3. The average Bonchev–Trinajstić information content (AvgIpc) is 2.62. The maximum absolute atomic E-state index is 13.1. The molecule has 0 radical (unpaired) electrons. The molecule has 0 N–H and O–H groups in total. The molecule has 2 rings (SSSR count). The summed E-state index contributed by atoms with van der Waals surface area (Å²) in [7, 11) is 1.36. The second-order valence-electron chi connectivity index (χ2n) is 5.73. The van der Waals surface area contributed by atoms with Crippen molar-refractivity contribution in [3.63, 3.8) is 0 Å². The lowest BCUT2D eigenvalue weighted by Gasteiger charge is -2.30. The number of carbonyl (C=O) groups excluding carboxylic acids is 2. The van der Waals surface area contributed by atoms with Crippen LogP contribution in [0.4, 0.5) is 0 Å². The van der Waals surface area contributed by atoms with Crippen molar-refractivity contribution in [1.29, 1.82) is 0 Å². The van der Waals surface area contributed by atoms with E-state index in [4.69, 9.17) is 4.74 Å². The lowest BCUT2D eigenvalue weighted by Crippen LogP contribution is -2.36. The number of hydrogen-bond acceptors (Lipinski definition) is 3. The molecule has 1 amide bonds. The van der Waals surface area contributed by atoms with Gasteiger partial charge in [-0.15, -0.1) is 0 Å². The molecule has 2 aromatic carbocycles. The summed E-state index contributed by atoms with van der Waals surface area (Å²) in [5.74, 6) is -0.397. The Labute approximate surface area is 143 Å². The Bertz CT molecular complexity index is 697. The highest BCUT2D eigenvalue weighted by atomic mass is 16.5. The molecule has 0 heterocycles. The first-order valence-electron chi connectivity index (χ1n) is 8.03. The molecule has 0 fully saturated rings. The third-order valence-corrected chi connectivity index (χ3v) is 4.17. The van der Waals surface area contributed by atoms with Crippen LogP contribution in [0, 0.1) is 6.92 Å². The molecule has 1 atom stereocenters. The van der Waals surface area contributed by atoms with Gasteiger partial charge in [0, 0.05) is 12.1 Å². The van der Waals surface area contributed by atoms with Crippen LogP contribution in [-0.4, -0.2) is 30.4 Å². The first kappa shape index (κ1) is 17.7. The van der Waals surface area contributed by atoms with Gasteiger partial charge in [0.05, 0.1) is 19.6 Å². The highest BCUT2D eigenvalue weighted by Gasteiger charge is 2.24. The molecule has 0 spiro atoms. The monoisotopic (exact) mass is 325 g/mol. The van der Waals surface area contributed by atoms with Gasteiger partial charge in [0.15, 0.2) is 0 Å². The largest absolute Gasteiger partial charge is 0.469 e. The van der Waals surface area contributed by atoms with Gasteiger partial charge < -0.3 is 9.64 Å². The quantitative estimate of drug-likeness (QED) is 0.760. The minimum Gasteiger partial charge on any atom is -0.469 e. The third-order valence-electron chi connectivity index (χ3n) is 4.17. The van der Waals surface area contributed by atoms with Gasteiger partial charge in [-0.1, -0.05) is 48.5 Å². The van der Waals surface area contributed by atoms with E-state index < -0.39 is 0 Å². The van der Waals surface area contributed by atoms with E-state index in [1.165, 1.54) is 7.11 Å². The van der Waals surface area contributed by atoms with Gasteiger partial charge in [0.1, 0.15) is 0 Å². The number of rotatable bonds is 6. The van der Waals surface area contributed by atoms with E-state index in [0.717, 1.165) is 11.1 Å². The summed E-state index contributed by atoms with van der Waals surface area (Å²) in [5, 5.41) is 0. The maximum Gasteiger partial charge on any atom is 0.307 e. The predicted octanol–water partition coefficient (Wildman–Crippen LogP) is 3.76. The van der Waals surface area contributed by atoms with Crippen LogP contribution in [0.1, 0.15) is 40.9 Å². The van der Waals surface area contributed by atoms with Gasteiger partial charge in [-0.25, -0.2) is 0 Å². The first-order chi connectivity index (χ1) is 11.5. The lowest BCUT2D eigenvalue weighted by molar-refractivity contribution is -0.140. The Balaban J connectivity index is 2.30. The number of amides is 1. The Hall–Kier alpha value is -2.62. The average molecular weight is 325 g/mol. The van der Waals surface area contributed by atoms with Crippen molar-refractivity contribution in [3.8, 4) is 0 Å². The number of carbonyl (C=O) groups is 2. The van der Waals surface area contributed by atoms with Crippen LogP contribution < -0.4 is 0 Å². The van der Waals surface area contributed by atoms with E-state index >= 15 is 0 Å². The number of ether oxygens (including phenoxy) is 1. The summed E-state index contributed by atoms with van der Waals surface area (Å²) in [6.45, 7) is 4.21. The Morgan fingerprint density at radius 1 is 1.04 bits per heavy atom.